The third-order valence-electron chi connectivity index (χ3n) is 4.30. The van der Waals surface area contributed by atoms with Gasteiger partial charge in [-0.05, 0) is 43.3 Å². The number of hydrogen-bond donors (Lipinski definition) is 1. The highest BCUT2D eigenvalue weighted by Crippen LogP contribution is 2.22. The number of para-hydroxylation sites is 1. The van der Waals surface area contributed by atoms with Crippen LogP contribution in [0.15, 0.2) is 48.5 Å². The highest BCUT2D eigenvalue weighted by molar-refractivity contribution is 6.02. The molecule has 0 saturated heterocycles. The van der Waals surface area contributed by atoms with Crippen LogP contribution in [0.5, 0.6) is 0 Å². The molecule has 2 aromatic carbocycles. The summed E-state index contributed by atoms with van der Waals surface area (Å²) in [5, 5.41) is 2.82. The van der Waals surface area contributed by atoms with Gasteiger partial charge in [-0.15, -0.1) is 0 Å². The zero-order valence-electron chi connectivity index (χ0n) is 17.3. The van der Waals surface area contributed by atoms with E-state index in [4.69, 9.17) is 4.74 Å². The van der Waals surface area contributed by atoms with E-state index in [1.54, 1.807) is 31.2 Å². The minimum atomic E-state index is -0.500. The fraction of sp³-hybridized carbons (Fsp3) is 0.318. The second-order valence-electron chi connectivity index (χ2n) is 6.65. The van der Waals surface area contributed by atoms with Crippen LogP contribution in [0, 0.1) is 0 Å². The first kappa shape index (κ1) is 21.9. The van der Waals surface area contributed by atoms with Crippen molar-refractivity contribution in [2.45, 2.75) is 20.3 Å². The lowest BCUT2D eigenvalue weighted by Crippen LogP contribution is -2.33. The zero-order chi connectivity index (χ0) is 21.4. The van der Waals surface area contributed by atoms with E-state index < -0.39 is 5.97 Å². The molecule has 0 aliphatic heterocycles. The van der Waals surface area contributed by atoms with Gasteiger partial charge >= 0.3 is 5.97 Å². The number of hydrogen-bond acceptors (Lipinski definition) is 5. The number of rotatable bonds is 8. The largest absolute Gasteiger partial charge is 0.462 e. The highest BCUT2D eigenvalue weighted by Gasteiger charge is 2.20. The van der Waals surface area contributed by atoms with Gasteiger partial charge in [0.15, 0.2) is 0 Å². The zero-order valence-corrected chi connectivity index (χ0v) is 17.3. The van der Waals surface area contributed by atoms with Crippen LogP contribution in [0.2, 0.25) is 0 Å². The Hall–Kier alpha value is -3.35. The van der Waals surface area contributed by atoms with Gasteiger partial charge in [0, 0.05) is 45.4 Å². The molecule has 7 heteroatoms. The van der Waals surface area contributed by atoms with Gasteiger partial charge in [0.1, 0.15) is 0 Å². The maximum Gasteiger partial charge on any atom is 0.340 e. The quantitative estimate of drug-likeness (QED) is 0.692. The topological polar surface area (TPSA) is 79.0 Å². The van der Waals surface area contributed by atoms with Crippen LogP contribution in [0.3, 0.4) is 0 Å². The molecule has 0 atom stereocenters. The smallest absolute Gasteiger partial charge is 0.340 e. The van der Waals surface area contributed by atoms with Crippen molar-refractivity contribution in [2.24, 2.45) is 0 Å². The molecule has 7 nitrogen and oxygen atoms in total. The van der Waals surface area contributed by atoms with Gasteiger partial charge in [-0.2, -0.15) is 0 Å². The molecule has 1 N–H and O–H groups in total. The van der Waals surface area contributed by atoms with E-state index in [9.17, 15) is 14.4 Å². The Labute approximate surface area is 171 Å². The van der Waals surface area contributed by atoms with Crippen LogP contribution in [0.25, 0.3) is 0 Å². The number of nitrogens with one attached hydrogen (secondary N) is 1. The van der Waals surface area contributed by atoms with Crippen LogP contribution in [-0.4, -0.2) is 45.0 Å². The number of amides is 2. The van der Waals surface area contributed by atoms with Crippen LogP contribution >= 0.6 is 0 Å². The molecule has 0 bridgehead atoms. The minimum absolute atomic E-state index is 0.0895. The molecule has 0 heterocycles. The molecule has 0 saturated carbocycles. The molecule has 2 rings (SSSR count). The summed E-state index contributed by atoms with van der Waals surface area (Å²) in [6.07, 6.45) is 0.0895. The Balaban J connectivity index is 2.07. The van der Waals surface area contributed by atoms with E-state index in [1.807, 2.05) is 43.3 Å². The summed E-state index contributed by atoms with van der Waals surface area (Å²) in [5.74, 6) is -0.980. The third-order valence-corrected chi connectivity index (χ3v) is 4.30. The van der Waals surface area contributed by atoms with E-state index in [1.165, 1.54) is 11.8 Å². The van der Waals surface area contributed by atoms with Crippen LogP contribution in [0.1, 0.15) is 30.6 Å². The van der Waals surface area contributed by atoms with Crippen LogP contribution in [-0.2, 0) is 14.3 Å². The summed E-state index contributed by atoms with van der Waals surface area (Å²) in [5.41, 5.74) is 2.44. The molecule has 0 spiro atoms. The fourth-order valence-corrected chi connectivity index (χ4v) is 2.82. The molecule has 0 aromatic heterocycles. The Bertz CT molecular complexity index is 863. The number of benzene rings is 2. The number of esters is 1. The van der Waals surface area contributed by atoms with E-state index in [0.29, 0.717) is 16.9 Å². The number of anilines is 3. The van der Waals surface area contributed by atoms with E-state index in [-0.39, 0.29) is 31.4 Å². The number of carbonyl (C=O) groups is 3. The van der Waals surface area contributed by atoms with Crippen molar-refractivity contribution in [1.29, 1.82) is 0 Å². The Morgan fingerprint density at radius 1 is 1.00 bits per heavy atom. The molecule has 154 valence electrons. The van der Waals surface area contributed by atoms with Gasteiger partial charge < -0.3 is 19.9 Å². The molecule has 29 heavy (non-hydrogen) atoms. The fourth-order valence-electron chi connectivity index (χ4n) is 2.82. The van der Waals surface area contributed by atoms with Crippen molar-refractivity contribution < 1.29 is 19.1 Å². The molecule has 0 fully saturated rings. The van der Waals surface area contributed by atoms with Crippen LogP contribution < -0.4 is 15.1 Å². The van der Waals surface area contributed by atoms with E-state index in [2.05, 4.69) is 5.32 Å². The molecule has 0 aliphatic rings. The van der Waals surface area contributed by atoms with Crippen molar-refractivity contribution >= 4 is 34.8 Å². The van der Waals surface area contributed by atoms with Crippen molar-refractivity contribution in [3.05, 3.63) is 54.1 Å². The van der Waals surface area contributed by atoms with Gasteiger partial charge in [0.25, 0.3) is 0 Å². The SMILES string of the molecule is CCOC(=O)c1ccccc1N(CCC(=O)Nc1ccc(N(C)C)cc1)C(C)=O. The van der Waals surface area contributed by atoms with E-state index >= 15 is 0 Å². The van der Waals surface area contributed by atoms with Crippen molar-refractivity contribution in [3.63, 3.8) is 0 Å². The molecular weight excluding hydrogens is 370 g/mol. The third kappa shape index (κ3) is 6.07. The first-order chi connectivity index (χ1) is 13.8. The van der Waals surface area contributed by atoms with Crippen LogP contribution in [0.4, 0.5) is 17.1 Å². The normalized spacial score (nSPS) is 10.2. The first-order valence-electron chi connectivity index (χ1n) is 9.45. The van der Waals surface area contributed by atoms with Gasteiger partial charge in [-0.3, -0.25) is 9.59 Å². The van der Waals surface area contributed by atoms with Crippen molar-refractivity contribution in [1.82, 2.24) is 0 Å². The highest BCUT2D eigenvalue weighted by atomic mass is 16.5. The first-order valence-corrected chi connectivity index (χ1v) is 9.45. The summed E-state index contributed by atoms with van der Waals surface area (Å²) in [6, 6.07) is 14.2. The maximum atomic E-state index is 12.4. The second kappa shape index (κ2) is 10.3. The Morgan fingerprint density at radius 3 is 2.24 bits per heavy atom. The van der Waals surface area contributed by atoms with Gasteiger partial charge in [-0.25, -0.2) is 4.79 Å². The number of carbonyl (C=O) groups excluding carboxylic acids is 3. The summed E-state index contributed by atoms with van der Waals surface area (Å²) >= 11 is 0. The molecule has 0 unspecified atom stereocenters. The number of ether oxygens (including phenoxy) is 1. The molecular formula is C22H27N3O4. The van der Waals surface area contributed by atoms with Gasteiger partial charge in [0.2, 0.25) is 11.8 Å². The average molecular weight is 397 g/mol. The lowest BCUT2D eigenvalue weighted by atomic mass is 10.1. The molecule has 0 radical (unpaired) electrons. The number of nitrogens with zero attached hydrogens (tertiary/aromatic N) is 2. The van der Waals surface area contributed by atoms with Gasteiger partial charge in [-0.1, -0.05) is 12.1 Å². The van der Waals surface area contributed by atoms with Crippen molar-refractivity contribution in [3.8, 4) is 0 Å². The maximum absolute atomic E-state index is 12.4. The van der Waals surface area contributed by atoms with Gasteiger partial charge in [0.05, 0.1) is 17.9 Å². The lowest BCUT2D eigenvalue weighted by molar-refractivity contribution is -0.117. The molecule has 2 amide bonds. The monoisotopic (exact) mass is 397 g/mol. The summed E-state index contributed by atoms with van der Waals surface area (Å²) in [6.45, 7) is 3.51. The average Bonchev–Trinajstić information content (AvgIpc) is 2.68. The predicted molar refractivity (Wildman–Crippen MR) is 114 cm³/mol. The van der Waals surface area contributed by atoms with Crippen molar-refractivity contribution in [2.75, 3.05) is 42.4 Å². The summed E-state index contributed by atoms with van der Waals surface area (Å²) in [7, 11) is 3.89. The van der Waals surface area contributed by atoms with E-state index in [0.717, 1.165) is 5.69 Å². The Morgan fingerprint density at radius 2 is 1.66 bits per heavy atom. The summed E-state index contributed by atoms with van der Waals surface area (Å²) in [4.78, 5) is 40.1. The molecule has 2 aromatic rings. The predicted octanol–water partition coefficient (Wildman–Crippen LogP) is 3.31. The Kier molecular flexibility index (Phi) is 7.77. The lowest BCUT2D eigenvalue weighted by Gasteiger charge is -2.23. The second-order valence-corrected chi connectivity index (χ2v) is 6.65. The minimum Gasteiger partial charge on any atom is -0.462 e. The standard InChI is InChI=1S/C22H27N3O4/c1-5-29-22(28)19-8-6-7-9-20(19)25(16(2)26)15-14-21(27)23-17-10-12-18(13-11-17)24(3)4/h6-13H,5,14-15H2,1-4H3,(H,23,27). The summed E-state index contributed by atoms with van der Waals surface area (Å²) < 4.78 is 5.07. The molecule has 0 aliphatic carbocycles.